The van der Waals surface area contributed by atoms with Crippen LogP contribution in [0.2, 0.25) is 0 Å². The Bertz CT molecular complexity index is 501. The number of hydrogen-bond acceptors (Lipinski definition) is 7. The fraction of sp³-hybridized carbons (Fsp3) is 0.455. The van der Waals surface area contributed by atoms with Gasteiger partial charge in [0.1, 0.15) is 12.0 Å². The molecule has 0 saturated carbocycles. The molecule has 0 saturated heterocycles. The molecule has 0 atom stereocenters. The Hall–Kier alpha value is -2.02. The zero-order valence-electron chi connectivity index (χ0n) is 10.0. The van der Waals surface area contributed by atoms with Gasteiger partial charge >= 0.3 is 0 Å². The average molecular weight is 250 g/mol. The molecule has 0 aliphatic heterocycles. The van der Waals surface area contributed by atoms with Crippen LogP contribution in [0.3, 0.4) is 0 Å². The van der Waals surface area contributed by atoms with Crippen molar-refractivity contribution in [3.8, 4) is 17.4 Å². The maximum atomic E-state index is 8.69. The number of aliphatic hydroxyl groups excluding tert-OH is 1. The number of rotatable bonds is 6. The summed E-state index contributed by atoms with van der Waals surface area (Å²) in [7, 11) is 1.53. The summed E-state index contributed by atoms with van der Waals surface area (Å²) < 4.78 is 10.1. The van der Waals surface area contributed by atoms with Crippen molar-refractivity contribution in [2.24, 2.45) is 0 Å². The summed E-state index contributed by atoms with van der Waals surface area (Å²) in [5, 5.41) is 12.5. The molecule has 0 radical (unpaired) electrons. The van der Waals surface area contributed by atoms with E-state index in [-0.39, 0.29) is 6.61 Å². The lowest BCUT2D eigenvalue weighted by Gasteiger charge is -1.97. The first kappa shape index (κ1) is 12.4. The number of aromatic nitrogens is 4. The van der Waals surface area contributed by atoms with Gasteiger partial charge in [0.25, 0.3) is 0 Å². The molecule has 2 rings (SSSR count). The van der Waals surface area contributed by atoms with Crippen molar-refractivity contribution in [2.45, 2.75) is 19.3 Å². The van der Waals surface area contributed by atoms with E-state index in [1.165, 1.54) is 13.4 Å². The van der Waals surface area contributed by atoms with Crippen LogP contribution in [0.25, 0.3) is 11.5 Å². The summed E-state index contributed by atoms with van der Waals surface area (Å²) in [5.41, 5.74) is 0.555. The second-order valence-electron chi connectivity index (χ2n) is 3.64. The first-order valence-corrected chi connectivity index (χ1v) is 5.63. The standard InChI is InChI=1S/C11H14N4O3/c1-17-10-6-8(12-7-13-10)11-14-9(18-15-11)4-2-3-5-16/h6-7,16H,2-5H2,1H3. The lowest BCUT2D eigenvalue weighted by molar-refractivity contribution is 0.281. The zero-order chi connectivity index (χ0) is 12.8. The highest BCUT2D eigenvalue weighted by molar-refractivity contribution is 5.48. The lowest BCUT2D eigenvalue weighted by Crippen LogP contribution is -1.92. The number of hydrogen-bond donors (Lipinski definition) is 1. The zero-order valence-corrected chi connectivity index (χ0v) is 10.0. The third-order valence-electron chi connectivity index (χ3n) is 2.35. The highest BCUT2D eigenvalue weighted by atomic mass is 16.5. The minimum atomic E-state index is 0.171. The number of aryl methyl sites for hydroxylation is 1. The number of nitrogens with zero attached hydrogens (tertiary/aromatic N) is 4. The number of methoxy groups -OCH3 is 1. The molecule has 0 aromatic carbocycles. The fourth-order valence-corrected chi connectivity index (χ4v) is 1.42. The Morgan fingerprint density at radius 1 is 1.33 bits per heavy atom. The van der Waals surface area contributed by atoms with E-state index in [0.29, 0.717) is 29.7 Å². The molecular formula is C11H14N4O3. The van der Waals surface area contributed by atoms with Gasteiger partial charge in [-0.25, -0.2) is 9.97 Å². The smallest absolute Gasteiger partial charge is 0.227 e. The van der Waals surface area contributed by atoms with Crippen molar-refractivity contribution >= 4 is 0 Å². The third kappa shape index (κ3) is 3.01. The van der Waals surface area contributed by atoms with Crippen molar-refractivity contribution in [2.75, 3.05) is 13.7 Å². The van der Waals surface area contributed by atoms with Gasteiger partial charge in [0.05, 0.1) is 7.11 Å². The summed E-state index contributed by atoms with van der Waals surface area (Å²) in [6, 6.07) is 1.64. The Morgan fingerprint density at radius 2 is 2.22 bits per heavy atom. The molecule has 0 spiro atoms. The molecule has 0 aliphatic rings. The van der Waals surface area contributed by atoms with Crippen molar-refractivity contribution in [3.05, 3.63) is 18.3 Å². The summed E-state index contributed by atoms with van der Waals surface area (Å²) in [4.78, 5) is 12.2. The average Bonchev–Trinajstić information content (AvgIpc) is 2.88. The predicted molar refractivity (Wildman–Crippen MR) is 61.9 cm³/mol. The van der Waals surface area contributed by atoms with Crippen molar-refractivity contribution in [1.82, 2.24) is 20.1 Å². The number of unbranched alkanes of at least 4 members (excludes halogenated alkanes) is 1. The largest absolute Gasteiger partial charge is 0.481 e. The van der Waals surface area contributed by atoms with Crippen LogP contribution in [0, 0.1) is 0 Å². The first-order chi connectivity index (χ1) is 8.83. The Morgan fingerprint density at radius 3 is 3.00 bits per heavy atom. The third-order valence-corrected chi connectivity index (χ3v) is 2.35. The molecule has 0 fully saturated rings. The monoisotopic (exact) mass is 250 g/mol. The maximum absolute atomic E-state index is 8.69. The normalized spacial score (nSPS) is 10.6. The molecule has 96 valence electrons. The predicted octanol–water partition coefficient (Wildman–Crippen LogP) is 0.850. The van der Waals surface area contributed by atoms with Crippen LogP contribution in [0.1, 0.15) is 18.7 Å². The molecule has 7 heteroatoms. The lowest BCUT2D eigenvalue weighted by atomic mass is 10.2. The molecule has 2 aromatic heterocycles. The highest BCUT2D eigenvalue weighted by Gasteiger charge is 2.10. The van der Waals surface area contributed by atoms with Crippen LogP contribution in [0.4, 0.5) is 0 Å². The minimum Gasteiger partial charge on any atom is -0.481 e. The number of ether oxygens (including phenoxy) is 1. The van der Waals surface area contributed by atoms with Crippen LogP contribution >= 0.6 is 0 Å². The van der Waals surface area contributed by atoms with Gasteiger partial charge in [0.15, 0.2) is 0 Å². The van der Waals surface area contributed by atoms with E-state index in [2.05, 4.69) is 20.1 Å². The molecule has 18 heavy (non-hydrogen) atoms. The fourth-order valence-electron chi connectivity index (χ4n) is 1.42. The first-order valence-electron chi connectivity index (χ1n) is 5.63. The Labute approximate surface area is 104 Å². The Balaban J connectivity index is 2.08. The molecule has 2 aromatic rings. The van der Waals surface area contributed by atoms with Gasteiger partial charge in [-0.2, -0.15) is 4.98 Å². The number of aliphatic hydroxyl groups is 1. The summed E-state index contributed by atoms with van der Waals surface area (Å²) in [5.74, 6) is 1.40. The second-order valence-corrected chi connectivity index (χ2v) is 3.64. The van der Waals surface area contributed by atoms with E-state index < -0.39 is 0 Å². The summed E-state index contributed by atoms with van der Waals surface area (Å²) in [6.45, 7) is 0.171. The van der Waals surface area contributed by atoms with Crippen LogP contribution in [0.15, 0.2) is 16.9 Å². The van der Waals surface area contributed by atoms with E-state index in [0.717, 1.165) is 12.8 Å². The highest BCUT2D eigenvalue weighted by Crippen LogP contribution is 2.16. The molecule has 0 amide bonds. The van der Waals surface area contributed by atoms with Crippen molar-refractivity contribution in [3.63, 3.8) is 0 Å². The molecule has 7 nitrogen and oxygen atoms in total. The van der Waals surface area contributed by atoms with Crippen LogP contribution in [0.5, 0.6) is 5.88 Å². The second kappa shape index (κ2) is 6.06. The van der Waals surface area contributed by atoms with Gasteiger partial charge in [-0.05, 0) is 12.8 Å². The van der Waals surface area contributed by atoms with Gasteiger partial charge in [0, 0.05) is 19.1 Å². The maximum Gasteiger partial charge on any atom is 0.227 e. The SMILES string of the molecule is COc1cc(-c2noc(CCCCO)n2)ncn1. The molecule has 0 bridgehead atoms. The topological polar surface area (TPSA) is 94.2 Å². The van der Waals surface area contributed by atoms with Gasteiger partial charge in [-0.3, -0.25) is 0 Å². The molecule has 1 N–H and O–H groups in total. The van der Waals surface area contributed by atoms with E-state index >= 15 is 0 Å². The molecular weight excluding hydrogens is 236 g/mol. The van der Waals surface area contributed by atoms with Crippen LogP contribution in [-0.4, -0.2) is 38.9 Å². The molecule has 0 unspecified atom stereocenters. The van der Waals surface area contributed by atoms with Gasteiger partial charge in [-0.1, -0.05) is 5.16 Å². The van der Waals surface area contributed by atoms with Crippen LogP contribution in [-0.2, 0) is 6.42 Å². The van der Waals surface area contributed by atoms with Gasteiger partial charge in [0.2, 0.25) is 17.6 Å². The summed E-state index contributed by atoms with van der Waals surface area (Å²) in [6.07, 6.45) is 3.57. The van der Waals surface area contributed by atoms with E-state index in [9.17, 15) is 0 Å². The van der Waals surface area contributed by atoms with Gasteiger partial charge in [-0.15, -0.1) is 0 Å². The van der Waals surface area contributed by atoms with Crippen molar-refractivity contribution < 1.29 is 14.4 Å². The van der Waals surface area contributed by atoms with Crippen molar-refractivity contribution in [1.29, 1.82) is 0 Å². The molecule has 2 heterocycles. The minimum absolute atomic E-state index is 0.171. The molecule has 0 aliphatic carbocycles. The van der Waals surface area contributed by atoms with E-state index in [4.69, 9.17) is 14.4 Å². The summed E-state index contributed by atoms with van der Waals surface area (Å²) >= 11 is 0. The van der Waals surface area contributed by atoms with E-state index in [1.807, 2.05) is 0 Å². The quantitative estimate of drug-likeness (QED) is 0.759. The Kier molecular flexibility index (Phi) is 4.19. The van der Waals surface area contributed by atoms with Crippen LogP contribution < -0.4 is 4.74 Å². The van der Waals surface area contributed by atoms with E-state index in [1.54, 1.807) is 6.07 Å². The van der Waals surface area contributed by atoms with Gasteiger partial charge < -0.3 is 14.4 Å².